The molecule has 0 spiro atoms. The lowest BCUT2D eigenvalue weighted by Crippen LogP contribution is -2.52. The topological polar surface area (TPSA) is 139 Å². The second kappa shape index (κ2) is 22.6. The molecule has 3 heterocycles. The molecule has 67 heavy (non-hydrogen) atoms. The number of nitrogens with zero attached hydrogens (tertiary/aromatic N) is 8. The number of aromatic nitrogens is 2. The molecular formula is C47H51F6N9O5. The fourth-order valence-electron chi connectivity index (χ4n) is 7.34. The van der Waals surface area contributed by atoms with Crippen LogP contribution in [0.2, 0.25) is 0 Å². The largest absolute Gasteiger partial charge is 0.471 e. The van der Waals surface area contributed by atoms with Crippen LogP contribution in [0.4, 0.5) is 47.3 Å². The number of hydrogen-bond acceptors (Lipinski definition) is 9. The van der Waals surface area contributed by atoms with Gasteiger partial charge in [-0.25, -0.2) is 9.59 Å². The van der Waals surface area contributed by atoms with Crippen molar-refractivity contribution in [3.05, 3.63) is 132 Å². The van der Waals surface area contributed by atoms with Crippen LogP contribution in [-0.4, -0.2) is 132 Å². The molecule has 4 aromatic carbocycles. The van der Waals surface area contributed by atoms with Gasteiger partial charge >= 0.3 is 36.2 Å². The lowest BCUT2D eigenvalue weighted by Gasteiger charge is -2.37. The quantitative estimate of drug-likeness (QED) is 0.0980. The molecule has 0 radical (unpaired) electrons. The average molecular weight is 936 g/mol. The second-order valence-corrected chi connectivity index (χ2v) is 15.7. The maximum atomic E-state index is 13.4. The van der Waals surface area contributed by atoms with Crippen LogP contribution in [0.25, 0.3) is 11.5 Å². The molecule has 0 atom stereocenters. The molecule has 2 aliphatic heterocycles. The number of rotatable bonds is 12. The van der Waals surface area contributed by atoms with Crippen molar-refractivity contribution in [2.45, 2.75) is 39.3 Å². The van der Waals surface area contributed by atoms with Gasteiger partial charge in [0.1, 0.15) is 0 Å². The fraction of sp³-hybridized carbons (Fsp3) is 0.362. The molecule has 0 unspecified atom stereocenters. The van der Waals surface area contributed by atoms with Gasteiger partial charge in [-0.15, -0.1) is 10.2 Å². The Morgan fingerprint density at radius 1 is 0.597 bits per heavy atom. The van der Waals surface area contributed by atoms with Gasteiger partial charge < -0.3 is 29.3 Å². The molecule has 1 N–H and O–H groups in total. The van der Waals surface area contributed by atoms with Crippen molar-refractivity contribution in [2.75, 3.05) is 81.8 Å². The number of urea groups is 2. The van der Waals surface area contributed by atoms with Gasteiger partial charge in [0.05, 0.1) is 19.6 Å². The number of Topliss-reactive ketones (excluding diaryl/α,β-unsaturated/α-hetero) is 1. The molecule has 2 saturated heterocycles. The molecule has 0 bridgehead atoms. The Hall–Kier alpha value is -6.80. The molecule has 2 fully saturated rings. The first kappa shape index (κ1) is 49.6. The minimum absolute atomic E-state index is 0.0762. The van der Waals surface area contributed by atoms with E-state index in [2.05, 4.69) is 33.8 Å². The average Bonchev–Trinajstić information content (AvgIpc) is 3.86. The first-order chi connectivity index (χ1) is 32.0. The Morgan fingerprint density at radius 2 is 1.03 bits per heavy atom. The summed E-state index contributed by atoms with van der Waals surface area (Å²) in [6, 6.07) is 31.4. The third-order valence-electron chi connectivity index (χ3n) is 11.3. The Morgan fingerprint density at radius 3 is 1.42 bits per heavy atom. The summed E-state index contributed by atoms with van der Waals surface area (Å²) >= 11 is 0. The lowest BCUT2D eigenvalue weighted by atomic mass is 10.1. The zero-order valence-corrected chi connectivity index (χ0v) is 37.0. The maximum absolute atomic E-state index is 13.4. The van der Waals surface area contributed by atoms with E-state index in [0.717, 1.165) is 61.8 Å². The summed E-state index contributed by atoms with van der Waals surface area (Å²) < 4.78 is 79.8. The van der Waals surface area contributed by atoms with Gasteiger partial charge in [0.25, 0.3) is 0 Å². The molecule has 1 aromatic heterocycles. The third-order valence-corrected chi connectivity index (χ3v) is 11.3. The molecule has 7 rings (SSSR count). The zero-order valence-electron chi connectivity index (χ0n) is 37.0. The minimum atomic E-state index is -5.04. The summed E-state index contributed by atoms with van der Waals surface area (Å²) in [5.74, 6) is -4.40. The molecule has 5 aromatic rings. The number of carbonyl (C=O) groups is 4. The fourth-order valence-corrected chi connectivity index (χ4v) is 7.34. The van der Waals surface area contributed by atoms with Gasteiger partial charge in [-0.05, 0) is 60.6 Å². The van der Waals surface area contributed by atoms with Crippen molar-refractivity contribution in [3.8, 4) is 11.5 Å². The third kappa shape index (κ3) is 13.6. The summed E-state index contributed by atoms with van der Waals surface area (Å²) in [5, 5.41) is 8.11. The van der Waals surface area contributed by atoms with Crippen LogP contribution < -0.4 is 15.1 Å². The number of benzene rings is 4. The highest BCUT2D eigenvalue weighted by Crippen LogP contribution is 2.31. The van der Waals surface area contributed by atoms with E-state index in [1.807, 2.05) is 70.5 Å². The normalized spacial score (nSPS) is 14.7. The highest BCUT2D eigenvalue weighted by molar-refractivity contribution is 6.00. The first-order valence-electron chi connectivity index (χ1n) is 21.7. The Balaban J connectivity index is 0.000000221. The van der Waals surface area contributed by atoms with Gasteiger partial charge in [0.2, 0.25) is 5.89 Å². The summed E-state index contributed by atoms with van der Waals surface area (Å²) in [6.07, 6.45) is -9.73. The molecule has 2 aliphatic rings. The molecule has 0 saturated carbocycles. The molecule has 356 valence electrons. The molecule has 0 aliphatic carbocycles. The van der Waals surface area contributed by atoms with E-state index < -0.39 is 36.5 Å². The number of anilines is 2. The van der Waals surface area contributed by atoms with Crippen molar-refractivity contribution in [1.82, 2.24) is 35.1 Å². The van der Waals surface area contributed by atoms with Crippen molar-refractivity contribution >= 4 is 35.1 Å². The van der Waals surface area contributed by atoms with Gasteiger partial charge in [-0.2, -0.15) is 26.3 Å². The molecule has 14 nitrogen and oxygen atoms in total. The second-order valence-electron chi connectivity index (χ2n) is 15.7. The van der Waals surface area contributed by atoms with Crippen LogP contribution in [0.3, 0.4) is 0 Å². The van der Waals surface area contributed by atoms with Crippen LogP contribution in [0.15, 0.2) is 114 Å². The van der Waals surface area contributed by atoms with E-state index in [0.29, 0.717) is 38.3 Å². The maximum Gasteiger partial charge on any atom is 0.471 e. The molecular weight excluding hydrogens is 885 g/mol. The molecule has 20 heteroatoms. The first-order valence-corrected chi connectivity index (χ1v) is 21.7. The van der Waals surface area contributed by atoms with E-state index in [9.17, 15) is 45.5 Å². The van der Waals surface area contributed by atoms with Crippen LogP contribution in [0, 0.1) is 0 Å². The number of para-hydroxylation sites is 2. The molecule has 5 amide bonds. The highest BCUT2D eigenvalue weighted by Gasteiger charge is 2.39. The summed E-state index contributed by atoms with van der Waals surface area (Å²) in [7, 11) is 0. The minimum Gasteiger partial charge on any atom is -0.413 e. The smallest absolute Gasteiger partial charge is 0.413 e. The van der Waals surface area contributed by atoms with Crippen molar-refractivity contribution in [3.63, 3.8) is 0 Å². The van der Waals surface area contributed by atoms with Crippen LogP contribution in [-0.2, 0) is 24.1 Å². The number of alkyl halides is 6. The van der Waals surface area contributed by atoms with Crippen molar-refractivity contribution in [2.24, 2.45) is 0 Å². The standard InChI is InChI=1S/C24H27F3N4O3.C23H24F3N5O2/c1-2-29-12-14-30(15-13-29)23(34)31(20-6-4-3-5-7-20)17-18-8-10-19(11-9-18)21(32)16-28-22(33)24(25,26)27;1-2-29-12-14-30(15-13-29)22(32)31(19-6-4-3-5-7-19)16-17-8-10-18(11-9-17)20-27-28-21(33-20)23(24,25)26/h3-11H,2,12-17H2,1H3,(H,28,33);3-11H,2,12-16H2,1H3. The number of piperazine rings is 2. The van der Waals surface area contributed by atoms with Gasteiger partial charge in [0, 0.05) is 74.9 Å². The number of likely N-dealkylation sites (N-methyl/N-ethyl adjacent to an activating group) is 2. The van der Waals surface area contributed by atoms with E-state index in [1.165, 1.54) is 12.1 Å². The van der Waals surface area contributed by atoms with Crippen LogP contribution >= 0.6 is 0 Å². The Bertz CT molecular complexity index is 2390. The predicted octanol–water partition coefficient (Wildman–Crippen LogP) is 7.83. The number of nitrogens with one attached hydrogen (secondary N) is 1. The number of carbonyl (C=O) groups excluding carboxylic acids is 4. The summed E-state index contributed by atoms with van der Waals surface area (Å²) in [5.41, 5.74) is 3.62. The van der Waals surface area contributed by atoms with E-state index in [-0.39, 0.29) is 30.1 Å². The van der Waals surface area contributed by atoms with E-state index in [4.69, 9.17) is 4.42 Å². The lowest BCUT2D eigenvalue weighted by molar-refractivity contribution is -0.173. The van der Waals surface area contributed by atoms with Gasteiger partial charge in [0.15, 0.2) is 5.78 Å². The van der Waals surface area contributed by atoms with Crippen molar-refractivity contribution < 1.29 is 49.9 Å². The monoisotopic (exact) mass is 935 g/mol. The Labute approximate surface area is 383 Å². The number of halogens is 6. The van der Waals surface area contributed by atoms with Gasteiger partial charge in [-0.1, -0.05) is 86.6 Å². The highest BCUT2D eigenvalue weighted by atomic mass is 19.4. The van der Waals surface area contributed by atoms with Crippen molar-refractivity contribution in [1.29, 1.82) is 0 Å². The van der Waals surface area contributed by atoms with Gasteiger partial charge in [-0.3, -0.25) is 19.4 Å². The van der Waals surface area contributed by atoms with E-state index >= 15 is 0 Å². The summed E-state index contributed by atoms with van der Waals surface area (Å²) in [6.45, 7) is 11.8. The Kier molecular flexibility index (Phi) is 16.7. The number of hydrogen-bond donors (Lipinski definition) is 1. The SMILES string of the molecule is CCN1CCN(C(=O)N(Cc2ccc(-c3nnc(C(F)(F)F)o3)cc2)c2ccccc2)CC1.CCN1CCN(C(=O)N(Cc2ccc(C(=O)CNC(=O)C(F)(F)F)cc2)c2ccccc2)CC1. The zero-order chi connectivity index (χ0) is 48.1. The van der Waals surface area contributed by atoms with Crippen LogP contribution in [0.1, 0.15) is 41.2 Å². The number of ketones is 1. The van der Waals surface area contributed by atoms with Crippen LogP contribution in [0.5, 0.6) is 0 Å². The van der Waals surface area contributed by atoms with E-state index in [1.54, 1.807) is 51.5 Å². The number of amides is 5. The summed E-state index contributed by atoms with van der Waals surface area (Å²) in [4.78, 5) is 61.4. The predicted molar refractivity (Wildman–Crippen MR) is 238 cm³/mol.